The number of halogens is 2. The Morgan fingerprint density at radius 2 is 2.04 bits per heavy atom. The molecule has 23 heavy (non-hydrogen) atoms. The first-order chi connectivity index (χ1) is 11.0. The maximum atomic E-state index is 13.3. The average molecular weight is 310 g/mol. The van der Waals surface area contributed by atoms with Crippen LogP contribution >= 0.6 is 0 Å². The molecule has 4 nitrogen and oxygen atoms in total. The molecule has 4 rings (SSSR count). The third kappa shape index (κ3) is 2.08. The second-order valence-corrected chi connectivity index (χ2v) is 5.98. The van der Waals surface area contributed by atoms with Gasteiger partial charge < -0.3 is 0 Å². The number of nitrogens with zero attached hydrogens (tertiary/aromatic N) is 3. The van der Waals surface area contributed by atoms with Crippen LogP contribution in [0.25, 0.3) is 22.2 Å². The lowest BCUT2D eigenvalue weighted by molar-refractivity contribution is -0.109. The Balaban J connectivity index is 1.81. The minimum atomic E-state index is -2.75. The number of hydrogen-bond acceptors (Lipinski definition) is 3. The van der Waals surface area contributed by atoms with Gasteiger partial charge in [0.1, 0.15) is 0 Å². The van der Waals surface area contributed by atoms with E-state index in [2.05, 4.69) is 21.3 Å². The molecule has 0 saturated heterocycles. The van der Waals surface area contributed by atoms with Gasteiger partial charge in [-0.2, -0.15) is 10.4 Å². The number of hydrogen-bond donors (Lipinski definition) is 1. The Bertz CT molecular complexity index is 931. The van der Waals surface area contributed by atoms with Crippen molar-refractivity contribution in [2.45, 2.75) is 24.2 Å². The van der Waals surface area contributed by atoms with E-state index in [0.717, 1.165) is 16.5 Å². The van der Waals surface area contributed by atoms with E-state index in [9.17, 15) is 14.0 Å². The molecule has 0 aliphatic heterocycles. The summed E-state index contributed by atoms with van der Waals surface area (Å²) in [6.45, 7) is 0. The monoisotopic (exact) mass is 310 g/mol. The first-order valence-electron chi connectivity index (χ1n) is 7.21. The smallest absolute Gasteiger partial charge is 0.251 e. The molecule has 1 N–H and O–H groups in total. The summed E-state index contributed by atoms with van der Waals surface area (Å²) < 4.78 is 26.6. The molecule has 1 aromatic carbocycles. The predicted octanol–water partition coefficient (Wildman–Crippen LogP) is 3.82. The lowest BCUT2D eigenvalue weighted by Crippen LogP contribution is -2.48. The largest absolute Gasteiger partial charge is 0.261 e. The van der Waals surface area contributed by atoms with Crippen molar-refractivity contribution in [3.05, 3.63) is 48.3 Å². The van der Waals surface area contributed by atoms with Gasteiger partial charge in [0, 0.05) is 24.4 Å². The molecule has 2 heterocycles. The average Bonchev–Trinajstić information content (AvgIpc) is 3.00. The number of H-pyrrole nitrogens is 1. The number of rotatable bonds is 2. The first-order valence-corrected chi connectivity index (χ1v) is 7.21. The topological polar surface area (TPSA) is 65.4 Å². The number of pyridine rings is 1. The Labute approximate surface area is 130 Å². The van der Waals surface area contributed by atoms with Crippen LogP contribution in [0, 0.1) is 11.3 Å². The van der Waals surface area contributed by atoms with Gasteiger partial charge in [0.15, 0.2) is 5.65 Å². The second kappa shape index (κ2) is 4.59. The fourth-order valence-electron chi connectivity index (χ4n) is 3.27. The summed E-state index contributed by atoms with van der Waals surface area (Å²) in [5.74, 6) is -2.75. The Kier molecular flexibility index (Phi) is 2.76. The maximum Gasteiger partial charge on any atom is 0.251 e. The molecule has 0 spiro atoms. The Morgan fingerprint density at radius 3 is 2.78 bits per heavy atom. The van der Waals surface area contributed by atoms with Crippen molar-refractivity contribution in [3.63, 3.8) is 0 Å². The van der Waals surface area contributed by atoms with Crippen molar-refractivity contribution in [2.24, 2.45) is 0 Å². The molecule has 1 fully saturated rings. The van der Waals surface area contributed by atoms with E-state index in [0.29, 0.717) is 11.2 Å². The zero-order valence-corrected chi connectivity index (χ0v) is 12.1. The van der Waals surface area contributed by atoms with E-state index < -0.39 is 24.2 Å². The van der Waals surface area contributed by atoms with Crippen molar-refractivity contribution in [1.82, 2.24) is 15.2 Å². The lowest BCUT2D eigenvalue weighted by Gasteiger charge is -2.42. The summed E-state index contributed by atoms with van der Waals surface area (Å²) in [6, 6.07) is 11.2. The summed E-state index contributed by atoms with van der Waals surface area (Å²) in [4.78, 5) is 4.19. The van der Waals surface area contributed by atoms with Gasteiger partial charge >= 0.3 is 0 Å². The summed E-state index contributed by atoms with van der Waals surface area (Å²) >= 11 is 0. The van der Waals surface area contributed by atoms with E-state index in [1.54, 1.807) is 24.5 Å². The van der Waals surface area contributed by atoms with Crippen molar-refractivity contribution < 1.29 is 8.78 Å². The van der Waals surface area contributed by atoms with Crippen molar-refractivity contribution >= 4 is 11.0 Å². The molecule has 0 atom stereocenters. The molecule has 0 amide bonds. The summed E-state index contributed by atoms with van der Waals surface area (Å²) in [5.41, 5.74) is 1.98. The quantitative estimate of drug-likeness (QED) is 0.782. The minimum absolute atomic E-state index is 0.419. The third-order valence-corrected chi connectivity index (χ3v) is 4.42. The molecule has 2 aromatic heterocycles. The molecule has 6 heteroatoms. The molecule has 1 aliphatic carbocycles. The third-order valence-electron chi connectivity index (χ3n) is 4.42. The van der Waals surface area contributed by atoms with Gasteiger partial charge in [-0.25, -0.2) is 13.8 Å². The first kappa shape index (κ1) is 13.8. The van der Waals surface area contributed by atoms with Crippen LogP contribution in [0.2, 0.25) is 0 Å². The van der Waals surface area contributed by atoms with Gasteiger partial charge in [-0.3, -0.25) is 5.10 Å². The van der Waals surface area contributed by atoms with Gasteiger partial charge in [-0.05, 0) is 28.8 Å². The summed E-state index contributed by atoms with van der Waals surface area (Å²) in [6.07, 6.45) is 2.51. The number of nitrogens with one attached hydrogen (secondary N) is 1. The van der Waals surface area contributed by atoms with Crippen LogP contribution in [0.5, 0.6) is 0 Å². The van der Waals surface area contributed by atoms with Crippen molar-refractivity contribution in [1.29, 1.82) is 5.26 Å². The molecule has 0 bridgehead atoms. The highest BCUT2D eigenvalue weighted by atomic mass is 19.3. The van der Waals surface area contributed by atoms with Crippen LogP contribution in [-0.4, -0.2) is 21.1 Å². The minimum Gasteiger partial charge on any atom is -0.261 e. The normalized spacial score (nSPS) is 18.3. The zero-order valence-electron chi connectivity index (χ0n) is 12.1. The van der Waals surface area contributed by atoms with Gasteiger partial charge in [0.05, 0.1) is 17.7 Å². The fourth-order valence-corrected chi connectivity index (χ4v) is 3.27. The molecule has 114 valence electrons. The molecule has 3 aromatic rings. The van der Waals surface area contributed by atoms with Crippen LogP contribution in [-0.2, 0) is 5.41 Å². The second-order valence-electron chi connectivity index (χ2n) is 5.98. The van der Waals surface area contributed by atoms with Gasteiger partial charge in [-0.1, -0.05) is 18.2 Å². The van der Waals surface area contributed by atoms with Crippen LogP contribution in [0.1, 0.15) is 18.4 Å². The van der Waals surface area contributed by atoms with E-state index in [1.165, 1.54) is 0 Å². The Morgan fingerprint density at radius 1 is 1.22 bits per heavy atom. The molecular formula is C17H12F2N4. The number of nitriles is 1. The summed E-state index contributed by atoms with van der Waals surface area (Å²) in [7, 11) is 0. The molecule has 0 radical (unpaired) electrons. The predicted molar refractivity (Wildman–Crippen MR) is 80.8 cm³/mol. The highest BCUT2D eigenvalue weighted by Gasteiger charge is 2.58. The van der Waals surface area contributed by atoms with E-state index in [1.807, 2.05) is 18.2 Å². The highest BCUT2D eigenvalue weighted by molar-refractivity contribution is 5.92. The Hall–Kier alpha value is -2.81. The van der Waals surface area contributed by atoms with Crippen LogP contribution in [0.3, 0.4) is 0 Å². The lowest BCUT2D eigenvalue weighted by atomic mass is 9.63. The number of benzene rings is 1. The van der Waals surface area contributed by atoms with E-state index in [4.69, 9.17) is 0 Å². The number of alkyl halides is 2. The molecule has 1 saturated carbocycles. The van der Waals surface area contributed by atoms with Gasteiger partial charge in [-0.15, -0.1) is 0 Å². The van der Waals surface area contributed by atoms with E-state index in [-0.39, 0.29) is 0 Å². The number of fused-ring (bicyclic) bond motifs is 1. The van der Waals surface area contributed by atoms with Crippen LogP contribution in [0.4, 0.5) is 8.78 Å². The standard InChI is InChI=1S/C17H12F2N4/c18-17(19)8-16(9-17,10-20)12-3-1-2-11(6-12)13-4-5-21-15-14(13)7-22-23-15/h1-7H,8-9H2,(H,21,22,23). The fraction of sp³-hybridized carbons (Fsp3) is 0.235. The highest BCUT2D eigenvalue weighted by Crippen LogP contribution is 2.53. The van der Waals surface area contributed by atoms with Gasteiger partial charge in [0.25, 0.3) is 5.92 Å². The van der Waals surface area contributed by atoms with Crippen molar-refractivity contribution in [2.75, 3.05) is 0 Å². The van der Waals surface area contributed by atoms with Crippen LogP contribution < -0.4 is 0 Å². The number of aromatic amines is 1. The molecular weight excluding hydrogens is 298 g/mol. The van der Waals surface area contributed by atoms with Gasteiger partial charge in [0.2, 0.25) is 0 Å². The van der Waals surface area contributed by atoms with Crippen molar-refractivity contribution in [3.8, 4) is 17.2 Å². The molecule has 1 aliphatic rings. The SMILES string of the molecule is N#CC1(c2cccc(-c3ccnc4[nH]ncc34)c2)CC(F)(F)C1. The summed E-state index contributed by atoms with van der Waals surface area (Å²) in [5, 5.41) is 17.1. The van der Waals surface area contributed by atoms with Crippen LogP contribution in [0.15, 0.2) is 42.7 Å². The number of aromatic nitrogens is 3. The van der Waals surface area contributed by atoms with E-state index >= 15 is 0 Å². The zero-order chi connectivity index (χ0) is 16.1. The maximum absolute atomic E-state index is 13.3. The molecule has 0 unspecified atom stereocenters.